The molecule has 1 heterocycles. The number of hydrogen-bond acceptors (Lipinski definition) is 4. The highest BCUT2D eigenvalue weighted by Gasteiger charge is 2.16. The van der Waals surface area contributed by atoms with Crippen molar-refractivity contribution in [3.05, 3.63) is 48.3 Å². The lowest BCUT2D eigenvalue weighted by molar-refractivity contribution is 0.432. The summed E-state index contributed by atoms with van der Waals surface area (Å²) in [5.74, 6) is -2.25. The average molecular weight is 289 g/mol. The van der Waals surface area contributed by atoms with Gasteiger partial charge in [0.25, 0.3) is 0 Å². The number of hydrogen-bond donors (Lipinski definition) is 2. The molecule has 21 heavy (non-hydrogen) atoms. The van der Waals surface area contributed by atoms with E-state index in [1.807, 2.05) is 0 Å². The van der Waals surface area contributed by atoms with Gasteiger partial charge < -0.3 is 14.6 Å². The van der Waals surface area contributed by atoms with Crippen molar-refractivity contribution in [2.45, 2.75) is 0 Å². The van der Waals surface area contributed by atoms with E-state index in [9.17, 15) is 13.9 Å². The maximum absolute atomic E-state index is 13.4. The number of oxazole rings is 1. The maximum atomic E-state index is 13.4. The monoisotopic (exact) mass is 289 g/mol. The molecule has 0 aliphatic carbocycles. The molecule has 4 nitrogen and oxygen atoms in total. The number of aromatic hydroxyl groups is 2. The number of phenols is 2. The van der Waals surface area contributed by atoms with Crippen LogP contribution in [0, 0.1) is 5.82 Å². The van der Waals surface area contributed by atoms with Gasteiger partial charge in [-0.2, -0.15) is 0 Å². The molecule has 106 valence electrons. The van der Waals surface area contributed by atoms with Gasteiger partial charge in [0.2, 0.25) is 5.89 Å². The number of nitrogens with zero attached hydrogens (tertiary/aromatic N) is 1. The second kappa shape index (κ2) is 4.59. The van der Waals surface area contributed by atoms with Crippen LogP contribution in [0.1, 0.15) is 5.56 Å². The van der Waals surface area contributed by atoms with E-state index in [1.54, 1.807) is 0 Å². The van der Waals surface area contributed by atoms with Crippen molar-refractivity contribution < 1.29 is 23.4 Å². The fourth-order valence-corrected chi connectivity index (χ4v) is 1.98. The molecule has 0 bridgehead atoms. The SMILES string of the molecule is C=C(F)c1cc(O)cc2nc(-c3ccc(O)c(F)c3)oc12. The number of aromatic nitrogens is 1. The summed E-state index contributed by atoms with van der Waals surface area (Å²) in [6, 6.07) is 6.07. The third kappa shape index (κ3) is 2.20. The molecule has 0 amide bonds. The zero-order chi connectivity index (χ0) is 15.1. The Kier molecular flexibility index (Phi) is 2.86. The van der Waals surface area contributed by atoms with Gasteiger partial charge >= 0.3 is 0 Å². The summed E-state index contributed by atoms with van der Waals surface area (Å²) >= 11 is 0. The predicted octanol–water partition coefficient (Wildman–Crippen LogP) is 3.99. The fourth-order valence-electron chi connectivity index (χ4n) is 1.98. The lowest BCUT2D eigenvalue weighted by Gasteiger charge is -1.99. The van der Waals surface area contributed by atoms with Crippen LogP contribution in [-0.4, -0.2) is 15.2 Å². The molecule has 0 saturated carbocycles. The Morgan fingerprint density at radius 3 is 2.62 bits per heavy atom. The Bertz CT molecular complexity index is 871. The first-order chi connectivity index (χ1) is 9.95. The molecule has 3 aromatic rings. The van der Waals surface area contributed by atoms with Gasteiger partial charge in [0.1, 0.15) is 17.1 Å². The highest BCUT2D eigenvalue weighted by molar-refractivity contribution is 5.88. The molecule has 2 aromatic carbocycles. The van der Waals surface area contributed by atoms with Gasteiger partial charge in [-0.15, -0.1) is 0 Å². The summed E-state index contributed by atoms with van der Waals surface area (Å²) < 4.78 is 32.2. The van der Waals surface area contributed by atoms with Crippen molar-refractivity contribution in [1.82, 2.24) is 4.98 Å². The van der Waals surface area contributed by atoms with Crippen molar-refractivity contribution in [3.63, 3.8) is 0 Å². The predicted molar refractivity (Wildman–Crippen MR) is 72.9 cm³/mol. The molecule has 2 N–H and O–H groups in total. The van der Waals surface area contributed by atoms with Crippen LogP contribution in [-0.2, 0) is 0 Å². The minimum atomic E-state index is -0.826. The molecule has 0 fully saturated rings. The Balaban J connectivity index is 2.23. The van der Waals surface area contributed by atoms with Gasteiger partial charge in [-0.1, -0.05) is 6.58 Å². The van der Waals surface area contributed by atoms with Crippen LogP contribution in [0.3, 0.4) is 0 Å². The van der Waals surface area contributed by atoms with Gasteiger partial charge in [-0.25, -0.2) is 13.8 Å². The van der Waals surface area contributed by atoms with Gasteiger partial charge in [-0.05, 0) is 24.3 Å². The summed E-state index contributed by atoms with van der Waals surface area (Å²) in [5.41, 5.74) is 0.565. The third-order valence-corrected chi connectivity index (χ3v) is 2.96. The van der Waals surface area contributed by atoms with Gasteiger partial charge in [0.05, 0.1) is 5.56 Å². The summed E-state index contributed by atoms with van der Waals surface area (Å²) in [5, 5.41) is 18.7. The number of rotatable bonds is 2. The van der Waals surface area contributed by atoms with Crippen LogP contribution < -0.4 is 0 Å². The van der Waals surface area contributed by atoms with Gasteiger partial charge in [0, 0.05) is 11.6 Å². The van der Waals surface area contributed by atoms with Gasteiger partial charge in [-0.3, -0.25) is 0 Å². The molecule has 0 aliphatic heterocycles. The Morgan fingerprint density at radius 2 is 1.95 bits per heavy atom. The highest BCUT2D eigenvalue weighted by Crippen LogP contribution is 2.33. The molecule has 1 aromatic heterocycles. The second-order valence-electron chi connectivity index (χ2n) is 4.43. The molecule has 6 heteroatoms. The van der Waals surface area contributed by atoms with Gasteiger partial charge in [0.15, 0.2) is 17.1 Å². The van der Waals surface area contributed by atoms with Crippen LogP contribution in [0.4, 0.5) is 8.78 Å². The summed E-state index contributed by atoms with van der Waals surface area (Å²) in [6.45, 7) is 3.17. The maximum Gasteiger partial charge on any atom is 0.227 e. The molecule has 0 saturated heterocycles. The minimum Gasteiger partial charge on any atom is -0.508 e. The van der Waals surface area contributed by atoms with Crippen molar-refractivity contribution in [3.8, 4) is 23.0 Å². The fraction of sp³-hybridized carbons (Fsp3) is 0. The van der Waals surface area contributed by atoms with Crippen molar-refractivity contribution in [2.75, 3.05) is 0 Å². The Hall–Kier alpha value is -2.89. The Morgan fingerprint density at radius 1 is 1.19 bits per heavy atom. The van der Waals surface area contributed by atoms with Crippen molar-refractivity contribution in [2.24, 2.45) is 0 Å². The standard InChI is InChI=1S/C15H9F2NO3/c1-7(16)10-5-9(19)6-12-14(10)21-15(18-12)8-2-3-13(20)11(17)4-8/h2-6,19-20H,1H2. The van der Waals surface area contributed by atoms with Crippen LogP contribution >= 0.6 is 0 Å². The molecule has 0 aliphatic rings. The third-order valence-electron chi connectivity index (χ3n) is 2.96. The largest absolute Gasteiger partial charge is 0.508 e. The van der Waals surface area contributed by atoms with E-state index in [2.05, 4.69) is 11.6 Å². The molecular formula is C15H9F2NO3. The lowest BCUT2D eigenvalue weighted by atomic mass is 10.1. The summed E-state index contributed by atoms with van der Waals surface area (Å²) in [7, 11) is 0. The zero-order valence-corrected chi connectivity index (χ0v) is 10.6. The number of phenolic OH excluding ortho intramolecular Hbond substituents is 2. The van der Waals surface area contributed by atoms with E-state index in [0.717, 1.165) is 18.2 Å². The molecule has 3 rings (SSSR count). The van der Waals surface area contributed by atoms with Crippen LogP contribution in [0.5, 0.6) is 11.5 Å². The smallest absolute Gasteiger partial charge is 0.227 e. The normalized spacial score (nSPS) is 11.0. The summed E-state index contributed by atoms with van der Waals surface area (Å²) in [4.78, 5) is 4.07. The quantitative estimate of drug-likeness (QED) is 0.748. The first-order valence-corrected chi connectivity index (χ1v) is 5.93. The minimum absolute atomic E-state index is 0.0250. The van der Waals surface area contributed by atoms with Crippen molar-refractivity contribution >= 4 is 16.9 Å². The Labute approximate surface area is 117 Å². The molecule has 0 spiro atoms. The van der Waals surface area contributed by atoms with E-state index < -0.39 is 17.4 Å². The molecule has 0 radical (unpaired) electrons. The molecular weight excluding hydrogens is 280 g/mol. The average Bonchev–Trinajstić information content (AvgIpc) is 2.84. The van der Waals surface area contributed by atoms with E-state index in [4.69, 9.17) is 9.52 Å². The zero-order valence-electron chi connectivity index (χ0n) is 10.6. The number of halogens is 2. The molecule has 0 atom stereocenters. The van der Waals surface area contributed by atoms with E-state index in [0.29, 0.717) is 0 Å². The van der Waals surface area contributed by atoms with Crippen LogP contribution in [0.2, 0.25) is 0 Å². The molecule has 0 unspecified atom stereocenters. The van der Waals surface area contributed by atoms with Crippen molar-refractivity contribution in [1.29, 1.82) is 0 Å². The first-order valence-electron chi connectivity index (χ1n) is 5.93. The van der Waals surface area contributed by atoms with E-state index in [1.165, 1.54) is 12.1 Å². The first kappa shape index (κ1) is 13.1. The van der Waals surface area contributed by atoms with E-state index >= 15 is 0 Å². The number of benzene rings is 2. The lowest BCUT2D eigenvalue weighted by Crippen LogP contribution is -1.80. The second-order valence-corrected chi connectivity index (χ2v) is 4.43. The van der Waals surface area contributed by atoms with Crippen LogP contribution in [0.15, 0.2) is 41.3 Å². The highest BCUT2D eigenvalue weighted by atomic mass is 19.1. The topological polar surface area (TPSA) is 66.5 Å². The van der Waals surface area contributed by atoms with E-state index in [-0.39, 0.29) is 33.9 Å². The number of fused-ring (bicyclic) bond motifs is 1. The van der Waals surface area contributed by atoms with Crippen LogP contribution in [0.25, 0.3) is 28.4 Å². The summed E-state index contributed by atoms with van der Waals surface area (Å²) in [6.07, 6.45) is 0.